The van der Waals surface area contributed by atoms with Crippen LogP contribution in [0.1, 0.15) is 17.4 Å². The molecule has 7 heteroatoms. The predicted octanol–water partition coefficient (Wildman–Crippen LogP) is 3.37. The standard InChI is InChI=1S/C22H23FN4O2/c1-2-29-20-16-27(19-10-8-17(23)9-11-19)24-21(20)22(28)26-14-12-25(13-15-26)18-6-4-3-5-7-18/h3-11,16H,2,12-15H2,1H3. The molecule has 4 rings (SSSR count). The fourth-order valence-corrected chi connectivity index (χ4v) is 3.45. The van der Waals surface area contributed by atoms with E-state index in [1.165, 1.54) is 12.1 Å². The summed E-state index contributed by atoms with van der Waals surface area (Å²) in [5, 5.41) is 4.45. The summed E-state index contributed by atoms with van der Waals surface area (Å²) >= 11 is 0. The average Bonchev–Trinajstić information content (AvgIpc) is 3.18. The largest absolute Gasteiger partial charge is 0.490 e. The summed E-state index contributed by atoms with van der Waals surface area (Å²) in [5.74, 6) is -0.0344. The Morgan fingerprint density at radius 3 is 2.34 bits per heavy atom. The molecule has 1 aromatic heterocycles. The lowest BCUT2D eigenvalue weighted by Gasteiger charge is -2.35. The maximum absolute atomic E-state index is 13.2. The molecule has 1 aliphatic rings. The Morgan fingerprint density at radius 2 is 1.69 bits per heavy atom. The second-order valence-corrected chi connectivity index (χ2v) is 6.81. The number of carbonyl (C=O) groups is 1. The Labute approximate surface area is 169 Å². The molecule has 2 aromatic carbocycles. The molecule has 2 heterocycles. The van der Waals surface area contributed by atoms with Gasteiger partial charge in [-0.2, -0.15) is 5.10 Å². The highest BCUT2D eigenvalue weighted by Crippen LogP contribution is 2.23. The molecule has 0 aliphatic carbocycles. The van der Waals surface area contributed by atoms with Crippen LogP contribution in [0.5, 0.6) is 5.75 Å². The van der Waals surface area contributed by atoms with Gasteiger partial charge in [0.1, 0.15) is 5.82 Å². The van der Waals surface area contributed by atoms with Crippen molar-refractivity contribution in [3.8, 4) is 11.4 Å². The van der Waals surface area contributed by atoms with E-state index in [-0.39, 0.29) is 17.4 Å². The summed E-state index contributed by atoms with van der Waals surface area (Å²) in [6, 6.07) is 16.1. The number of amides is 1. The molecular formula is C22H23FN4O2. The Hall–Kier alpha value is -3.35. The molecule has 0 saturated carbocycles. The quantitative estimate of drug-likeness (QED) is 0.666. The first-order chi connectivity index (χ1) is 14.2. The molecule has 0 spiro atoms. The number of nitrogens with zero attached hydrogens (tertiary/aromatic N) is 4. The number of para-hydroxylation sites is 1. The van der Waals surface area contributed by atoms with Gasteiger partial charge < -0.3 is 14.5 Å². The van der Waals surface area contributed by atoms with E-state index in [1.54, 1.807) is 27.9 Å². The molecule has 0 atom stereocenters. The van der Waals surface area contributed by atoms with Crippen LogP contribution >= 0.6 is 0 Å². The lowest BCUT2D eigenvalue weighted by molar-refractivity contribution is 0.0736. The molecule has 0 radical (unpaired) electrons. The SMILES string of the molecule is CCOc1cn(-c2ccc(F)cc2)nc1C(=O)N1CCN(c2ccccc2)CC1. The van der Waals surface area contributed by atoms with Crippen LogP contribution in [0, 0.1) is 5.82 Å². The number of anilines is 1. The summed E-state index contributed by atoms with van der Waals surface area (Å²) in [4.78, 5) is 17.2. The fraction of sp³-hybridized carbons (Fsp3) is 0.273. The van der Waals surface area contributed by atoms with Crippen LogP contribution in [0.2, 0.25) is 0 Å². The molecule has 0 N–H and O–H groups in total. The number of benzene rings is 2. The Morgan fingerprint density at radius 1 is 1.00 bits per heavy atom. The van der Waals surface area contributed by atoms with E-state index in [1.807, 2.05) is 25.1 Å². The molecular weight excluding hydrogens is 371 g/mol. The number of aromatic nitrogens is 2. The van der Waals surface area contributed by atoms with Crippen molar-refractivity contribution in [2.45, 2.75) is 6.92 Å². The Bertz CT molecular complexity index is 964. The fourth-order valence-electron chi connectivity index (χ4n) is 3.45. The van der Waals surface area contributed by atoms with Gasteiger partial charge in [0.15, 0.2) is 11.4 Å². The zero-order valence-electron chi connectivity index (χ0n) is 16.3. The van der Waals surface area contributed by atoms with Gasteiger partial charge in [0.25, 0.3) is 5.91 Å². The average molecular weight is 394 g/mol. The third-order valence-corrected chi connectivity index (χ3v) is 4.96. The summed E-state index contributed by atoms with van der Waals surface area (Å²) in [6.45, 7) is 5.04. The van der Waals surface area contributed by atoms with Gasteiger partial charge in [0, 0.05) is 31.9 Å². The van der Waals surface area contributed by atoms with Crippen LogP contribution in [0.15, 0.2) is 60.8 Å². The van der Waals surface area contributed by atoms with E-state index in [9.17, 15) is 9.18 Å². The van der Waals surface area contributed by atoms with Crippen molar-refractivity contribution >= 4 is 11.6 Å². The highest BCUT2D eigenvalue weighted by Gasteiger charge is 2.27. The van der Waals surface area contributed by atoms with Crippen LogP contribution < -0.4 is 9.64 Å². The smallest absolute Gasteiger partial charge is 0.278 e. The van der Waals surface area contributed by atoms with Crippen molar-refractivity contribution in [3.63, 3.8) is 0 Å². The Kier molecular flexibility index (Phi) is 5.46. The molecule has 1 saturated heterocycles. The second-order valence-electron chi connectivity index (χ2n) is 6.81. The van der Waals surface area contributed by atoms with Crippen molar-refractivity contribution in [3.05, 3.63) is 72.3 Å². The van der Waals surface area contributed by atoms with E-state index in [0.717, 1.165) is 18.8 Å². The monoisotopic (exact) mass is 394 g/mol. The molecule has 3 aromatic rings. The number of carbonyl (C=O) groups excluding carboxylic acids is 1. The highest BCUT2D eigenvalue weighted by molar-refractivity contribution is 5.95. The van der Waals surface area contributed by atoms with Gasteiger partial charge in [-0.15, -0.1) is 0 Å². The second kappa shape index (κ2) is 8.34. The van der Waals surface area contributed by atoms with Gasteiger partial charge in [-0.25, -0.2) is 9.07 Å². The van der Waals surface area contributed by atoms with Crippen LogP contribution in [0.25, 0.3) is 5.69 Å². The topological polar surface area (TPSA) is 50.6 Å². The van der Waals surface area contributed by atoms with E-state index in [4.69, 9.17) is 4.74 Å². The molecule has 0 bridgehead atoms. The normalized spacial score (nSPS) is 14.1. The molecule has 0 unspecified atom stereocenters. The first-order valence-electron chi connectivity index (χ1n) is 9.73. The van der Waals surface area contributed by atoms with E-state index in [2.05, 4.69) is 22.1 Å². The van der Waals surface area contributed by atoms with Crippen molar-refractivity contribution in [1.29, 1.82) is 0 Å². The summed E-state index contributed by atoms with van der Waals surface area (Å²) in [7, 11) is 0. The van der Waals surface area contributed by atoms with Crippen LogP contribution in [-0.4, -0.2) is 53.4 Å². The maximum Gasteiger partial charge on any atom is 0.278 e. The van der Waals surface area contributed by atoms with E-state index >= 15 is 0 Å². The summed E-state index contributed by atoms with van der Waals surface area (Å²) < 4.78 is 20.4. The molecule has 6 nitrogen and oxygen atoms in total. The zero-order valence-corrected chi connectivity index (χ0v) is 16.3. The first-order valence-corrected chi connectivity index (χ1v) is 9.73. The molecule has 1 fully saturated rings. The molecule has 1 aliphatic heterocycles. The van der Waals surface area contributed by atoms with Gasteiger partial charge >= 0.3 is 0 Å². The van der Waals surface area contributed by atoms with Crippen LogP contribution in [-0.2, 0) is 0 Å². The number of rotatable bonds is 5. The first kappa shape index (κ1) is 19.0. The van der Waals surface area contributed by atoms with Gasteiger partial charge in [0.2, 0.25) is 0 Å². The summed E-state index contributed by atoms with van der Waals surface area (Å²) in [5.41, 5.74) is 2.11. The van der Waals surface area contributed by atoms with Gasteiger partial charge in [0.05, 0.1) is 18.5 Å². The van der Waals surface area contributed by atoms with Crippen molar-refractivity contribution in [2.75, 3.05) is 37.7 Å². The van der Waals surface area contributed by atoms with Crippen molar-refractivity contribution < 1.29 is 13.9 Å². The van der Waals surface area contributed by atoms with E-state index < -0.39 is 0 Å². The number of halogens is 1. The minimum atomic E-state index is -0.321. The maximum atomic E-state index is 13.2. The minimum Gasteiger partial charge on any atom is -0.490 e. The lowest BCUT2D eigenvalue weighted by atomic mass is 10.2. The molecule has 1 amide bonds. The van der Waals surface area contributed by atoms with Crippen molar-refractivity contribution in [1.82, 2.24) is 14.7 Å². The van der Waals surface area contributed by atoms with Gasteiger partial charge in [-0.3, -0.25) is 4.79 Å². The van der Waals surface area contributed by atoms with Gasteiger partial charge in [-0.1, -0.05) is 18.2 Å². The van der Waals surface area contributed by atoms with E-state index in [0.29, 0.717) is 31.1 Å². The third kappa shape index (κ3) is 4.08. The zero-order chi connectivity index (χ0) is 20.2. The summed E-state index contributed by atoms with van der Waals surface area (Å²) in [6.07, 6.45) is 1.67. The minimum absolute atomic E-state index is 0.151. The number of piperazine rings is 1. The van der Waals surface area contributed by atoms with Crippen LogP contribution in [0.3, 0.4) is 0 Å². The van der Waals surface area contributed by atoms with Crippen molar-refractivity contribution in [2.24, 2.45) is 0 Å². The number of ether oxygens (including phenoxy) is 1. The van der Waals surface area contributed by atoms with Gasteiger partial charge in [-0.05, 0) is 43.3 Å². The lowest BCUT2D eigenvalue weighted by Crippen LogP contribution is -2.49. The number of hydrogen-bond acceptors (Lipinski definition) is 4. The molecule has 29 heavy (non-hydrogen) atoms. The highest BCUT2D eigenvalue weighted by atomic mass is 19.1. The number of hydrogen-bond donors (Lipinski definition) is 0. The van der Waals surface area contributed by atoms with Crippen LogP contribution in [0.4, 0.5) is 10.1 Å². The molecule has 150 valence electrons. The third-order valence-electron chi connectivity index (χ3n) is 4.96. The predicted molar refractivity (Wildman–Crippen MR) is 109 cm³/mol. The Balaban J connectivity index is 1.51.